The molecular formula is C13H14BrN3O. The number of hydrogen-bond donors (Lipinski definition) is 1. The molecule has 0 spiro atoms. The molecule has 0 fully saturated rings. The predicted octanol–water partition coefficient (Wildman–Crippen LogP) is 2.54. The number of pyridine rings is 2. The van der Waals surface area contributed by atoms with Crippen LogP contribution < -0.4 is 10.1 Å². The summed E-state index contributed by atoms with van der Waals surface area (Å²) in [5, 5.41) is 3.34. The van der Waals surface area contributed by atoms with Crippen LogP contribution in [0.5, 0.6) is 5.88 Å². The number of nitrogens with one attached hydrogen (secondary N) is 1. The number of hydrogen-bond acceptors (Lipinski definition) is 4. The van der Waals surface area contributed by atoms with Gasteiger partial charge in [-0.25, -0.2) is 4.98 Å². The van der Waals surface area contributed by atoms with Gasteiger partial charge in [-0.05, 0) is 33.6 Å². The molecule has 5 heteroatoms. The molecule has 0 amide bonds. The number of methoxy groups -OCH3 is 1. The third-order valence-electron chi connectivity index (χ3n) is 2.45. The Labute approximate surface area is 115 Å². The molecule has 0 radical (unpaired) electrons. The van der Waals surface area contributed by atoms with E-state index in [1.54, 1.807) is 19.5 Å². The van der Waals surface area contributed by atoms with Crippen molar-refractivity contribution in [3.05, 3.63) is 52.4 Å². The SMILES string of the molecule is COc1ncccc1CNCc1cncc(Br)c1. The van der Waals surface area contributed by atoms with E-state index >= 15 is 0 Å². The zero-order chi connectivity index (χ0) is 12.8. The summed E-state index contributed by atoms with van der Waals surface area (Å²) < 4.78 is 6.18. The zero-order valence-corrected chi connectivity index (χ0v) is 11.6. The monoisotopic (exact) mass is 307 g/mol. The first-order chi connectivity index (χ1) is 8.79. The first-order valence-electron chi connectivity index (χ1n) is 5.57. The van der Waals surface area contributed by atoms with Crippen molar-refractivity contribution in [1.82, 2.24) is 15.3 Å². The van der Waals surface area contributed by atoms with E-state index in [0.717, 1.165) is 22.1 Å². The number of ether oxygens (including phenoxy) is 1. The predicted molar refractivity (Wildman–Crippen MR) is 73.3 cm³/mol. The third kappa shape index (κ3) is 3.51. The topological polar surface area (TPSA) is 47.0 Å². The van der Waals surface area contributed by atoms with E-state index in [0.29, 0.717) is 12.4 Å². The summed E-state index contributed by atoms with van der Waals surface area (Å²) in [5.41, 5.74) is 2.18. The summed E-state index contributed by atoms with van der Waals surface area (Å²) in [4.78, 5) is 8.27. The van der Waals surface area contributed by atoms with Crippen LogP contribution in [0.25, 0.3) is 0 Å². The highest BCUT2D eigenvalue weighted by Gasteiger charge is 2.02. The van der Waals surface area contributed by atoms with E-state index in [9.17, 15) is 0 Å². The average Bonchev–Trinajstić information content (AvgIpc) is 2.39. The Hall–Kier alpha value is -1.46. The molecule has 0 aliphatic carbocycles. The van der Waals surface area contributed by atoms with Gasteiger partial charge in [0, 0.05) is 41.7 Å². The van der Waals surface area contributed by atoms with Crippen molar-refractivity contribution >= 4 is 15.9 Å². The van der Waals surface area contributed by atoms with Crippen LogP contribution >= 0.6 is 15.9 Å². The van der Waals surface area contributed by atoms with Gasteiger partial charge in [0.25, 0.3) is 0 Å². The van der Waals surface area contributed by atoms with E-state index in [1.165, 1.54) is 0 Å². The molecule has 2 rings (SSSR count). The molecule has 0 saturated heterocycles. The molecular weight excluding hydrogens is 294 g/mol. The van der Waals surface area contributed by atoms with Crippen LogP contribution in [0.1, 0.15) is 11.1 Å². The molecule has 18 heavy (non-hydrogen) atoms. The van der Waals surface area contributed by atoms with Crippen molar-refractivity contribution < 1.29 is 4.74 Å². The fourth-order valence-electron chi connectivity index (χ4n) is 1.64. The molecule has 2 aromatic rings. The minimum Gasteiger partial charge on any atom is -0.481 e. The Bertz CT molecular complexity index is 519. The standard InChI is InChI=1S/C13H14BrN3O/c1-18-13-11(3-2-4-17-13)8-15-6-10-5-12(14)9-16-7-10/h2-5,7,9,15H,6,8H2,1H3. The molecule has 94 valence electrons. The Morgan fingerprint density at radius 3 is 3.00 bits per heavy atom. The van der Waals surface area contributed by atoms with Gasteiger partial charge >= 0.3 is 0 Å². The van der Waals surface area contributed by atoms with Crippen LogP contribution in [-0.4, -0.2) is 17.1 Å². The molecule has 1 N–H and O–H groups in total. The maximum Gasteiger partial charge on any atom is 0.217 e. The van der Waals surface area contributed by atoms with Gasteiger partial charge in [-0.3, -0.25) is 4.98 Å². The van der Waals surface area contributed by atoms with Gasteiger partial charge in [-0.15, -0.1) is 0 Å². The summed E-state index contributed by atoms with van der Waals surface area (Å²) in [6.45, 7) is 1.47. The fourth-order valence-corrected chi connectivity index (χ4v) is 2.05. The van der Waals surface area contributed by atoms with Crippen molar-refractivity contribution in [1.29, 1.82) is 0 Å². The Morgan fingerprint density at radius 2 is 2.22 bits per heavy atom. The van der Waals surface area contributed by atoms with E-state index in [2.05, 4.69) is 31.2 Å². The van der Waals surface area contributed by atoms with Gasteiger partial charge in [0.15, 0.2) is 0 Å². The summed E-state index contributed by atoms with van der Waals surface area (Å²) >= 11 is 3.40. The Balaban J connectivity index is 1.92. The lowest BCUT2D eigenvalue weighted by Gasteiger charge is -2.08. The van der Waals surface area contributed by atoms with Gasteiger partial charge in [-0.2, -0.15) is 0 Å². The summed E-state index contributed by atoms with van der Waals surface area (Å²) in [6.07, 6.45) is 5.34. The van der Waals surface area contributed by atoms with Crippen LogP contribution in [-0.2, 0) is 13.1 Å². The lowest BCUT2D eigenvalue weighted by molar-refractivity contribution is 0.390. The largest absolute Gasteiger partial charge is 0.481 e. The van der Waals surface area contributed by atoms with Gasteiger partial charge < -0.3 is 10.1 Å². The van der Waals surface area contributed by atoms with E-state index < -0.39 is 0 Å². The number of nitrogens with zero attached hydrogens (tertiary/aromatic N) is 2. The maximum atomic E-state index is 5.20. The molecule has 2 heterocycles. The minimum absolute atomic E-state index is 0.664. The van der Waals surface area contributed by atoms with Crippen molar-refractivity contribution in [3.8, 4) is 5.88 Å². The second kappa shape index (κ2) is 6.47. The average molecular weight is 308 g/mol. The fraction of sp³-hybridized carbons (Fsp3) is 0.231. The highest BCUT2D eigenvalue weighted by Crippen LogP contribution is 2.13. The first-order valence-corrected chi connectivity index (χ1v) is 6.37. The number of rotatable bonds is 5. The van der Waals surface area contributed by atoms with E-state index in [1.807, 2.05) is 24.4 Å². The summed E-state index contributed by atoms with van der Waals surface area (Å²) in [5.74, 6) is 0.664. The van der Waals surface area contributed by atoms with Crippen LogP contribution in [0.3, 0.4) is 0 Å². The van der Waals surface area contributed by atoms with Gasteiger partial charge in [0.1, 0.15) is 0 Å². The van der Waals surface area contributed by atoms with Crippen LogP contribution in [0.4, 0.5) is 0 Å². The zero-order valence-electron chi connectivity index (χ0n) is 10.1. The van der Waals surface area contributed by atoms with Gasteiger partial charge in [0.05, 0.1) is 7.11 Å². The maximum absolute atomic E-state index is 5.20. The molecule has 2 aromatic heterocycles. The summed E-state index contributed by atoms with van der Waals surface area (Å²) in [6, 6.07) is 5.94. The van der Waals surface area contributed by atoms with Gasteiger partial charge in [-0.1, -0.05) is 6.07 Å². The molecule has 0 atom stereocenters. The molecule has 4 nitrogen and oxygen atoms in total. The lowest BCUT2D eigenvalue weighted by atomic mass is 10.2. The van der Waals surface area contributed by atoms with Crippen LogP contribution in [0.15, 0.2) is 41.3 Å². The first kappa shape index (κ1) is 13.0. The lowest BCUT2D eigenvalue weighted by Crippen LogP contribution is -2.13. The number of halogens is 1. The molecule has 0 aromatic carbocycles. The highest BCUT2D eigenvalue weighted by atomic mass is 79.9. The Morgan fingerprint density at radius 1 is 1.33 bits per heavy atom. The van der Waals surface area contributed by atoms with Crippen molar-refractivity contribution in [2.24, 2.45) is 0 Å². The van der Waals surface area contributed by atoms with Gasteiger partial charge in [0.2, 0.25) is 5.88 Å². The molecule has 0 saturated carbocycles. The molecule has 0 aliphatic rings. The van der Waals surface area contributed by atoms with Crippen molar-refractivity contribution in [2.45, 2.75) is 13.1 Å². The number of aromatic nitrogens is 2. The Kier molecular flexibility index (Phi) is 4.66. The van der Waals surface area contributed by atoms with Crippen molar-refractivity contribution in [2.75, 3.05) is 7.11 Å². The smallest absolute Gasteiger partial charge is 0.217 e. The molecule has 0 unspecified atom stereocenters. The minimum atomic E-state index is 0.664. The highest BCUT2D eigenvalue weighted by molar-refractivity contribution is 9.10. The van der Waals surface area contributed by atoms with Crippen LogP contribution in [0, 0.1) is 0 Å². The second-order valence-electron chi connectivity index (χ2n) is 3.79. The second-order valence-corrected chi connectivity index (χ2v) is 4.70. The quantitative estimate of drug-likeness (QED) is 0.922. The summed E-state index contributed by atoms with van der Waals surface area (Å²) in [7, 11) is 1.63. The van der Waals surface area contributed by atoms with E-state index in [-0.39, 0.29) is 0 Å². The van der Waals surface area contributed by atoms with E-state index in [4.69, 9.17) is 4.74 Å². The molecule has 0 aliphatic heterocycles. The normalized spacial score (nSPS) is 10.3. The van der Waals surface area contributed by atoms with Crippen molar-refractivity contribution in [3.63, 3.8) is 0 Å². The van der Waals surface area contributed by atoms with Crippen LogP contribution in [0.2, 0.25) is 0 Å². The third-order valence-corrected chi connectivity index (χ3v) is 2.88. The molecule has 0 bridgehead atoms.